The molecule has 41 heavy (non-hydrogen) atoms. The number of unbranched alkanes of at least 4 members (excludes halogenated alkanes) is 2. The lowest BCUT2D eigenvalue weighted by atomic mass is 9.88. The van der Waals surface area contributed by atoms with Crippen LogP contribution < -0.4 is 9.47 Å². The lowest BCUT2D eigenvalue weighted by Gasteiger charge is -2.29. The molecular weight excluding hydrogens is 554 g/mol. The predicted octanol–water partition coefficient (Wildman–Crippen LogP) is 8.36. The summed E-state index contributed by atoms with van der Waals surface area (Å²) in [5.74, 6) is 0.463. The first-order chi connectivity index (χ1) is 19.8. The van der Waals surface area contributed by atoms with Crippen molar-refractivity contribution in [1.29, 1.82) is 0 Å². The van der Waals surface area contributed by atoms with Crippen LogP contribution in [0.5, 0.6) is 11.5 Å². The highest BCUT2D eigenvalue weighted by Crippen LogP contribution is 2.33. The van der Waals surface area contributed by atoms with Gasteiger partial charge in [-0.15, -0.1) is 0 Å². The lowest BCUT2D eigenvalue weighted by molar-refractivity contribution is -0.158. The number of esters is 2. The molecule has 1 aromatic rings. The Labute approximate surface area is 248 Å². The number of carbonyl (C=O) groups excluding carboxylic acids is 2. The number of hydrogen-bond acceptors (Lipinski definition) is 6. The van der Waals surface area contributed by atoms with Crippen LogP contribution in [0.4, 0.5) is 8.78 Å². The van der Waals surface area contributed by atoms with Crippen LogP contribution in [0.1, 0.15) is 104 Å². The standard InChI is InChI=1S/C32H47ClF2O6/c1-3-5-7-28(34)31(36)40-24-13-9-22(10-14-24)20-38-26-17-18-30(27(33)19-26)39-21-23-11-15-25(16-12-23)41-32(37)29(35)8-6-4-2/h17-19,22-25,28-29H,3-16,20-21H2,1-2H3/t22?,23?,24?,25?,28-,29-/m0/s1. The van der Waals surface area contributed by atoms with Gasteiger partial charge >= 0.3 is 11.9 Å². The molecule has 0 spiro atoms. The maximum atomic E-state index is 13.9. The van der Waals surface area contributed by atoms with E-state index in [0.717, 1.165) is 38.5 Å². The van der Waals surface area contributed by atoms with E-state index in [1.54, 1.807) is 6.07 Å². The molecule has 0 aromatic heterocycles. The van der Waals surface area contributed by atoms with Crippen LogP contribution in [-0.4, -0.2) is 49.7 Å². The number of hydrogen-bond donors (Lipinski definition) is 0. The highest BCUT2D eigenvalue weighted by Gasteiger charge is 2.29. The van der Waals surface area contributed by atoms with E-state index in [2.05, 4.69) is 0 Å². The van der Waals surface area contributed by atoms with E-state index in [1.165, 1.54) is 0 Å². The van der Waals surface area contributed by atoms with Gasteiger partial charge in [-0.2, -0.15) is 0 Å². The summed E-state index contributed by atoms with van der Waals surface area (Å²) in [7, 11) is 0. The molecule has 2 aliphatic rings. The zero-order valence-electron chi connectivity index (χ0n) is 24.6. The zero-order valence-corrected chi connectivity index (χ0v) is 25.3. The molecule has 2 atom stereocenters. The molecule has 3 rings (SSSR count). The van der Waals surface area contributed by atoms with Crippen molar-refractivity contribution in [3.8, 4) is 11.5 Å². The molecule has 0 heterocycles. The van der Waals surface area contributed by atoms with Crippen molar-refractivity contribution in [2.75, 3.05) is 13.2 Å². The van der Waals surface area contributed by atoms with Crippen molar-refractivity contribution in [2.45, 2.75) is 128 Å². The van der Waals surface area contributed by atoms with E-state index in [4.69, 9.17) is 30.5 Å². The summed E-state index contributed by atoms with van der Waals surface area (Å²) in [6, 6.07) is 5.41. The fourth-order valence-corrected chi connectivity index (χ4v) is 5.65. The van der Waals surface area contributed by atoms with Crippen molar-refractivity contribution in [1.82, 2.24) is 0 Å². The third-order valence-corrected chi connectivity index (χ3v) is 8.45. The minimum absolute atomic E-state index is 0.215. The van der Waals surface area contributed by atoms with Gasteiger partial charge in [0.15, 0.2) is 12.3 Å². The molecule has 0 saturated heterocycles. The summed E-state index contributed by atoms with van der Waals surface area (Å²) in [4.78, 5) is 23.9. The fraction of sp³-hybridized carbons (Fsp3) is 0.750. The van der Waals surface area contributed by atoms with Gasteiger partial charge in [-0.25, -0.2) is 18.4 Å². The van der Waals surface area contributed by atoms with E-state index in [1.807, 2.05) is 26.0 Å². The van der Waals surface area contributed by atoms with Crippen molar-refractivity contribution >= 4 is 23.5 Å². The number of ether oxygens (including phenoxy) is 4. The van der Waals surface area contributed by atoms with Gasteiger partial charge in [0, 0.05) is 6.07 Å². The third-order valence-electron chi connectivity index (χ3n) is 8.15. The van der Waals surface area contributed by atoms with Crippen molar-refractivity contribution in [2.24, 2.45) is 11.8 Å². The smallest absolute Gasteiger partial charge is 0.340 e. The van der Waals surface area contributed by atoms with E-state index >= 15 is 0 Å². The molecule has 1 aromatic carbocycles. The second-order valence-electron chi connectivity index (χ2n) is 11.6. The van der Waals surface area contributed by atoms with Gasteiger partial charge in [0.25, 0.3) is 0 Å². The van der Waals surface area contributed by atoms with E-state index in [0.29, 0.717) is 80.1 Å². The van der Waals surface area contributed by atoms with E-state index in [9.17, 15) is 18.4 Å². The minimum Gasteiger partial charge on any atom is -0.493 e. The Balaban J connectivity index is 1.31. The lowest BCUT2D eigenvalue weighted by Crippen LogP contribution is -2.30. The van der Waals surface area contributed by atoms with Gasteiger partial charge in [0.05, 0.1) is 18.2 Å². The molecule has 2 fully saturated rings. The number of halogens is 3. The van der Waals surface area contributed by atoms with Crippen molar-refractivity contribution < 1.29 is 37.3 Å². The van der Waals surface area contributed by atoms with E-state index < -0.39 is 24.3 Å². The van der Waals surface area contributed by atoms with Crippen LogP contribution in [0.3, 0.4) is 0 Å². The van der Waals surface area contributed by atoms with Crippen LogP contribution in [-0.2, 0) is 19.1 Å². The maximum Gasteiger partial charge on any atom is 0.340 e. The highest BCUT2D eigenvalue weighted by atomic mass is 35.5. The Morgan fingerprint density at radius 1 is 0.780 bits per heavy atom. The normalized spacial score (nSPS) is 24.2. The summed E-state index contributed by atoms with van der Waals surface area (Å²) in [6.45, 7) is 4.98. The number of alkyl halides is 2. The van der Waals surface area contributed by atoms with Crippen LogP contribution in [0.2, 0.25) is 5.02 Å². The first kappa shape index (κ1) is 33.4. The van der Waals surface area contributed by atoms with Crippen LogP contribution in [0, 0.1) is 11.8 Å². The Kier molecular flexibility index (Phi) is 14.5. The van der Waals surface area contributed by atoms with Gasteiger partial charge in [0.2, 0.25) is 0 Å². The van der Waals surface area contributed by atoms with Crippen molar-refractivity contribution in [3.05, 3.63) is 23.2 Å². The summed E-state index contributed by atoms with van der Waals surface area (Å²) in [6.07, 6.45) is 6.29. The molecule has 0 bridgehead atoms. The average molecular weight is 601 g/mol. The Morgan fingerprint density at radius 3 is 1.68 bits per heavy atom. The quantitative estimate of drug-likeness (QED) is 0.178. The van der Waals surface area contributed by atoms with Gasteiger partial charge < -0.3 is 18.9 Å². The Bertz CT molecular complexity index is 931. The predicted molar refractivity (Wildman–Crippen MR) is 155 cm³/mol. The summed E-state index contributed by atoms with van der Waals surface area (Å²) in [5, 5.41) is 0.477. The van der Waals surface area contributed by atoms with E-state index in [-0.39, 0.29) is 25.0 Å². The molecule has 0 N–H and O–H groups in total. The molecule has 9 heteroatoms. The zero-order chi connectivity index (χ0) is 29.6. The van der Waals surface area contributed by atoms with Gasteiger partial charge in [-0.05, 0) is 88.2 Å². The monoisotopic (exact) mass is 600 g/mol. The number of carbonyl (C=O) groups is 2. The van der Waals surface area contributed by atoms with Crippen LogP contribution in [0.15, 0.2) is 18.2 Å². The molecule has 2 aliphatic carbocycles. The minimum atomic E-state index is -1.52. The summed E-state index contributed by atoms with van der Waals surface area (Å²) < 4.78 is 50.5. The molecule has 0 aliphatic heterocycles. The van der Waals surface area contributed by atoms with Gasteiger partial charge in [-0.3, -0.25) is 0 Å². The summed E-state index contributed by atoms with van der Waals surface area (Å²) >= 11 is 6.46. The van der Waals surface area contributed by atoms with Crippen LogP contribution >= 0.6 is 11.6 Å². The third kappa shape index (κ3) is 11.6. The fourth-order valence-electron chi connectivity index (χ4n) is 5.42. The molecule has 2 saturated carbocycles. The Morgan fingerprint density at radius 2 is 1.24 bits per heavy atom. The number of benzene rings is 1. The second-order valence-corrected chi connectivity index (χ2v) is 12.0. The van der Waals surface area contributed by atoms with Crippen molar-refractivity contribution in [3.63, 3.8) is 0 Å². The Hall–Kier alpha value is -2.09. The second kappa shape index (κ2) is 17.8. The summed E-state index contributed by atoms with van der Waals surface area (Å²) in [5.41, 5.74) is 0. The molecule has 0 unspecified atom stereocenters. The largest absolute Gasteiger partial charge is 0.493 e. The van der Waals surface area contributed by atoms with Gasteiger partial charge in [-0.1, -0.05) is 51.1 Å². The highest BCUT2D eigenvalue weighted by molar-refractivity contribution is 6.32. The first-order valence-corrected chi connectivity index (χ1v) is 15.9. The van der Waals surface area contributed by atoms with Crippen LogP contribution in [0.25, 0.3) is 0 Å². The molecule has 6 nitrogen and oxygen atoms in total. The maximum absolute atomic E-state index is 13.9. The molecular formula is C32H47ClF2O6. The number of rotatable bonds is 16. The van der Waals surface area contributed by atoms with Gasteiger partial charge in [0.1, 0.15) is 23.7 Å². The first-order valence-electron chi connectivity index (χ1n) is 15.5. The average Bonchev–Trinajstić information content (AvgIpc) is 2.98. The molecule has 0 radical (unpaired) electrons. The molecule has 232 valence electrons. The topological polar surface area (TPSA) is 71.1 Å². The SMILES string of the molecule is CCCC[C@H](F)C(=O)OC1CCC(COc2ccc(OCC3CCC(OC(=O)[C@@H](F)CCCC)CC3)c(Cl)c2)CC1. The molecule has 0 amide bonds.